The van der Waals surface area contributed by atoms with Gasteiger partial charge in [-0.25, -0.2) is 9.69 Å². The van der Waals surface area contributed by atoms with Crippen molar-refractivity contribution >= 4 is 28.7 Å². The Labute approximate surface area is 168 Å². The second kappa shape index (κ2) is 8.14. The van der Waals surface area contributed by atoms with Crippen molar-refractivity contribution in [2.45, 2.75) is 12.5 Å². The van der Waals surface area contributed by atoms with E-state index in [9.17, 15) is 14.4 Å². The molecule has 4 rings (SSSR count). The summed E-state index contributed by atoms with van der Waals surface area (Å²) in [6.07, 6.45) is -0.484. The molecule has 1 aliphatic rings. The lowest BCUT2D eigenvalue weighted by Gasteiger charge is -2.23. The molecule has 0 radical (unpaired) electrons. The number of cyclic esters (lactones) is 1. The summed E-state index contributed by atoms with van der Waals surface area (Å²) in [4.78, 5) is 37.7. The number of nitrogens with one attached hydrogen (secondary N) is 1. The van der Waals surface area contributed by atoms with Crippen molar-refractivity contribution in [2.75, 3.05) is 13.2 Å². The molecular weight excluding hydrogens is 368 g/mol. The third-order valence-corrected chi connectivity index (χ3v) is 4.97. The largest absolute Gasteiger partial charge is 0.439 e. The molecule has 1 saturated heterocycles. The molecule has 6 heteroatoms. The minimum atomic E-state index is -0.681. The number of ether oxygens (including phenoxy) is 1. The zero-order valence-electron chi connectivity index (χ0n) is 15.7. The minimum Gasteiger partial charge on any atom is -0.439 e. The fraction of sp³-hybridized carbons (Fsp3) is 0.174. The fourth-order valence-corrected chi connectivity index (χ4v) is 3.52. The number of nitrogens with zero attached hydrogens (tertiary/aromatic N) is 1. The highest BCUT2D eigenvalue weighted by molar-refractivity contribution is 5.98. The lowest BCUT2D eigenvalue weighted by atomic mass is 10.0. The fourth-order valence-electron chi connectivity index (χ4n) is 3.52. The average Bonchev–Trinajstić information content (AvgIpc) is 3.06. The van der Waals surface area contributed by atoms with Gasteiger partial charge in [0.25, 0.3) is 5.91 Å². The Bertz CT molecular complexity index is 1040. The van der Waals surface area contributed by atoms with Gasteiger partial charge in [0.2, 0.25) is 5.91 Å². The van der Waals surface area contributed by atoms with Gasteiger partial charge in [-0.05, 0) is 21.9 Å². The third kappa shape index (κ3) is 4.11. The van der Waals surface area contributed by atoms with Crippen LogP contribution in [0.25, 0.3) is 10.8 Å². The van der Waals surface area contributed by atoms with E-state index in [-0.39, 0.29) is 25.5 Å². The molecule has 3 aromatic carbocycles. The molecule has 0 spiro atoms. The van der Waals surface area contributed by atoms with Gasteiger partial charge < -0.3 is 10.1 Å². The molecule has 0 aromatic heterocycles. The van der Waals surface area contributed by atoms with E-state index >= 15 is 0 Å². The molecule has 6 nitrogen and oxygen atoms in total. The summed E-state index contributed by atoms with van der Waals surface area (Å²) in [5, 5.41) is 5.07. The zero-order valence-corrected chi connectivity index (χ0v) is 15.7. The van der Waals surface area contributed by atoms with Crippen LogP contribution < -0.4 is 5.32 Å². The molecule has 146 valence electrons. The molecule has 0 bridgehead atoms. The van der Waals surface area contributed by atoms with Gasteiger partial charge in [0.15, 0.2) is 6.61 Å². The maximum Gasteiger partial charge on any atom is 0.417 e. The van der Waals surface area contributed by atoms with E-state index < -0.39 is 18.0 Å². The Morgan fingerprint density at radius 3 is 2.45 bits per heavy atom. The van der Waals surface area contributed by atoms with Crippen LogP contribution in [0.15, 0.2) is 72.8 Å². The van der Waals surface area contributed by atoms with Crippen LogP contribution in [-0.4, -0.2) is 36.0 Å². The van der Waals surface area contributed by atoms with E-state index in [1.807, 2.05) is 72.8 Å². The van der Waals surface area contributed by atoms with Crippen LogP contribution in [0.3, 0.4) is 0 Å². The van der Waals surface area contributed by atoms with Crippen LogP contribution in [-0.2, 0) is 20.7 Å². The summed E-state index contributed by atoms with van der Waals surface area (Å²) in [5.41, 5.74) is 1.73. The smallest absolute Gasteiger partial charge is 0.417 e. The SMILES string of the molecule is O=C(Cc1cccc2ccccc12)N[C@@H](CN1C(=O)COC1=O)c1ccccc1. The molecule has 0 saturated carbocycles. The van der Waals surface area contributed by atoms with Crippen molar-refractivity contribution in [3.63, 3.8) is 0 Å². The lowest BCUT2D eigenvalue weighted by molar-refractivity contribution is -0.127. The summed E-state index contributed by atoms with van der Waals surface area (Å²) in [5.74, 6) is -0.588. The van der Waals surface area contributed by atoms with Gasteiger partial charge in [-0.15, -0.1) is 0 Å². The predicted molar refractivity (Wildman–Crippen MR) is 108 cm³/mol. The molecule has 1 aliphatic heterocycles. The average molecular weight is 388 g/mol. The van der Waals surface area contributed by atoms with Gasteiger partial charge in [0, 0.05) is 0 Å². The Kier molecular flexibility index (Phi) is 5.24. The second-order valence-electron chi connectivity index (χ2n) is 6.90. The summed E-state index contributed by atoms with van der Waals surface area (Å²) >= 11 is 0. The molecule has 3 amide bonds. The summed E-state index contributed by atoms with van der Waals surface area (Å²) < 4.78 is 4.79. The standard InChI is InChI=1S/C23H20N2O4/c26-21(13-18-11-6-10-16-7-4-5-12-19(16)18)24-20(17-8-2-1-3-9-17)14-25-22(27)15-29-23(25)28/h1-12,20H,13-15H2,(H,24,26)/t20-/m0/s1. The monoisotopic (exact) mass is 388 g/mol. The van der Waals surface area contributed by atoms with Crippen molar-refractivity contribution in [3.05, 3.63) is 83.9 Å². The topological polar surface area (TPSA) is 75.7 Å². The van der Waals surface area contributed by atoms with Crippen molar-refractivity contribution in [1.82, 2.24) is 10.2 Å². The first kappa shape index (κ1) is 18.7. The van der Waals surface area contributed by atoms with E-state index in [1.54, 1.807) is 0 Å². The maximum absolute atomic E-state index is 12.8. The molecule has 0 unspecified atom stereocenters. The number of hydrogen-bond donors (Lipinski definition) is 1. The van der Waals surface area contributed by atoms with Gasteiger partial charge in [0.1, 0.15) is 0 Å². The number of carbonyl (C=O) groups is 3. The van der Waals surface area contributed by atoms with E-state index in [2.05, 4.69) is 5.32 Å². The number of hydrogen-bond acceptors (Lipinski definition) is 4. The molecule has 0 aliphatic carbocycles. The minimum absolute atomic E-state index is 0.0307. The van der Waals surface area contributed by atoms with E-state index in [0.717, 1.165) is 26.8 Å². The predicted octanol–water partition coefficient (Wildman–Crippen LogP) is 3.22. The van der Waals surface area contributed by atoms with Gasteiger partial charge in [-0.2, -0.15) is 0 Å². The van der Waals surface area contributed by atoms with Crippen molar-refractivity contribution in [1.29, 1.82) is 0 Å². The van der Waals surface area contributed by atoms with Crippen LogP contribution in [0.2, 0.25) is 0 Å². The van der Waals surface area contributed by atoms with Gasteiger partial charge in [-0.3, -0.25) is 9.59 Å². The zero-order chi connectivity index (χ0) is 20.2. The Morgan fingerprint density at radius 1 is 0.966 bits per heavy atom. The first-order chi connectivity index (χ1) is 14.1. The molecule has 3 aromatic rings. The lowest BCUT2D eigenvalue weighted by Crippen LogP contribution is -2.40. The number of imide groups is 1. The van der Waals surface area contributed by atoms with Gasteiger partial charge >= 0.3 is 6.09 Å². The summed E-state index contributed by atoms with van der Waals surface area (Å²) in [6, 6.07) is 22.5. The molecular formula is C23H20N2O4. The number of benzene rings is 3. The Hall–Kier alpha value is -3.67. The van der Waals surface area contributed by atoms with Gasteiger partial charge in [0.05, 0.1) is 19.0 Å². The number of rotatable bonds is 6. The molecule has 1 heterocycles. The van der Waals surface area contributed by atoms with Crippen LogP contribution in [0.1, 0.15) is 17.2 Å². The van der Waals surface area contributed by atoms with E-state index in [1.165, 1.54) is 0 Å². The van der Waals surface area contributed by atoms with Crippen LogP contribution in [0.5, 0.6) is 0 Å². The summed E-state index contributed by atoms with van der Waals surface area (Å²) in [7, 11) is 0. The molecule has 1 atom stereocenters. The van der Waals surface area contributed by atoms with Crippen LogP contribution in [0.4, 0.5) is 4.79 Å². The molecule has 1 fully saturated rings. The third-order valence-electron chi connectivity index (χ3n) is 4.97. The first-order valence-corrected chi connectivity index (χ1v) is 9.40. The van der Waals surface area contributed by atoms with Crippen LogP contribution >= 0.6 is 0 Å². The van der Waals surface area contributed by atoms with Crippen molar-refractivity contribution < 1.29 is 19.1 Å². The number of fused-ring (bicyclic) bond motifs is 1. The highest BCUT2D eigenvalue weighted by Crippen LogP contribution is 2.21. The van der Waals surface area contributed by atoms with Crippen LogP contribution in [0, 0.1) is 0 Å². The molecule has 1 N–H and O–H groups in total. The van der Waals surface area contributed by atoms with E-state index in [4.69, 9.17) is 4.74 Å². The number of amides is 3. The van der Waals surface area contributed by atoms with Crippen molar-refractivity contribution in [2.24, 2.45) is 0 Å². The highest BCUT2D eigenvalue weighted by Gasteiger charge is 2.33. The second-order valence-corrected chi connectivity index (χ2v) is 6.90. The Morgan fingerprint density at radius 2 is 1.69 bits per heavy atom. The van der Waals surface area contributed by atoms with E-state index in [0.29, 0.717) is 0 Å². The maximum atomic E-state index is 12.8. The molecule has 29 heavy (non-hydrogen) atoms. The quantitative estimate of drug-likeness (QED) is 0.704. The highest BCUT2D eigenvalue weighted by atomic mass is 16.6. The Balaban J connectivity index is 1.54. The first-order valence-electron chi connectivity index (χ1n) is 9.40. The van der Waals surface area contributed by atoms with Crippen molar-refractivity contribution in [3.8, 4) is 0 Å². The normalized spacial score (nSPS) is 14.7. The summed E-state index contributed by atoms with van der Waals surface area (Å²) in [6.45, 7) is -0.229. The van der Waals surface area contributed by atoms with Gasteiger partial charge in [-0.1, -0.05) is 72.8 Å². The number of carbonyl (C=O) groups excluding carboxylic acids is 3.